The maximum absolute atomic E-state index is 14.3. The van der Waals surface area contributed by atoms with Gasteiger partial charge in [0.2, 0.25) is 27.7 Å². The average Bonchev–Trinajstić information content (AvgIpc) is 3.87. The highest BCUT2D eigenvalue weighted by Gasteiger charge is 2.63. The maximum atomic E-state index is 14.3. The molecule has 0 saturated heterocycles. The van der Waals surface area contributed by atoms with Crippen molar-refractivity contribution < 1.29 is 40.7 Å². The third kappa shape index (κ3) is 7.76. The van der Waals surface area contributed by atoms with E-state index in [0.29, 0.717) is 42.9 Å². The lowest BCUT2D eigenvalue weighted by Crippen LogP contribution is -2.56. The van der Waals surface area contributed by atoms with E-state index < -0.39 is 67.9 Å². The lowest BCUT2D eigenvalue weighted by molar-refractivity contribution is -0.145. The monoisotopic (exact) mass is 807 g/mol. The summed E-state index contributed by atoms with van der Waals surface area (Å²) in [5.74, 6) is -3.78. The number of nitrogens with one attached hydrogen (secondary N) is 2. The average molecular weight is 808 g/mol. The summed E-state index contributed by atoms with van der Waals surface area (Å²) >= 11 is 2.03. The summed E-state index contributed by atoms with van der Waals surface area (Å²) in [7, 11) is -2.29. The summed E-state index contributed by atoms with van der Waals surface area (Å²) in [5.41, 5.74) is -1.54. The smallest absolute Gasteiger partial charge is 0.434 e. The van der Waals surface area contributed by atoms with Gasteiger partial charge in [-0.15, -0.1) is 22.7 Å². The molecule has 54 heavy (non-hydrogen) atoms. The number of fused-ring (bicyclic) bond motifs is 2. The third-order valence-electron chi connectivity index (χ3n) is 10.7. The van der Waals surface area contributed by atoms with Gasteiger partial charge in [-0.1, -0.05) is 12.2 Å². The number of amides is 3. The first kappa shape index (κ1) is 38.3. The number of carbonyl (C=O) groups excluding carboxylic acids is 3. The SMILES string of the molecule is Cc1csc(-c2cc(OC3CCC4C(=O)N(C)CCCCC=CC5CC5(C(=O)NS(=O)(=O)C5(C)CC5)NC(=O)C4C3)nc(-c3nc(C(F)(F)F)cs3)n2)n1. The van der Waals surface area contributed by atoms with Gasteiger partial charge in [-0.2, -0.15) is 18.2 Å². The van der Waals surface area contributed by atoms with Gasteiger partial charge >= 0.3 is 6.18 Å². The normalized spacial score (nSPS) is 27.3. The van der Waals surface area contributed by atoms with Crippen molar-refractivity contribution in [2.24, 2.45) is 17.8 Å². The minimum Gasteiger partial charge on any atom is -0.474 e. The van der Waals surface area contributed by atoms with Crippen molar-refractivity contribution in [3.8, 4) is 27.4 Å². The van der Waals surface area contributed by atoms with Gasteiger partial charge in [0.15, 0.2) is 16.5 Å². The molecule has 3 fully saturated rings. The van der Waals surface area contributed by atoms with Crippen molar-refractivity contribution in [1.82, 2.24) is 34.9 Å². The highest BCUT2D eigenvalue weighted by atomic mass is 32.2. The molecule has 3 aliphatic carbocycles. The molecule has 3 amide bonds. The van der Waals surface area contributed by atoms with Gasteiger partial charge in [-0.05, 0) is 71.6 Å². The van der Waals surface area contributed by atoms with Crippen LogP contribution < -0.4 is 14.8 Å². The number of carbonyl (C=O) groups is 3. The second-order valence-corrected chi connectivity index (χ2v) is 18.8. The number of thiazole rings is 2. The summed E-state index contributed by atoms with van der Waals surface area (Å²) in [6.07, 6.45) is 2.40. The molecule has 1 aliphatic heterocycles. The Bertz CT molecular complexity index is 2100. The number of rotatable bonds is 7. The summed E-state index contributed by atoms with van der Waals surface area (Å²) in [5, 5.41) is 6.00. The molecule has 3 aromatic heterocycles. The molecule has 290 valence electrons. The van der Waals surface area contributed by atoms with E-state index in [9.17, 15) is 36.0 Å². The van der Waals surface area contributed by atoms with Gasteiger partial charge < -0.3 is 15.0 Å². The van der Waals surface area contributed by atoms with Gasteiger partial charge in [-0.25, -0.2) is 23.4 Å². The van der Waals surface area contributed by atoms with E-state index in [1.165, 1.54) is 17.4 Å². The lowest BCUT2D eigenvalue weighted by atomic mass is 9.76. The molecule has 4 heterocycles. The first-order valence-electron chi connectivity index (χ1n) is 17.8. The predicted octanol–water partition coefficient (Wildman–Crippen LogP) is 5.29. The van der Waals surface area contributed by atoms with Crippen LogP contribution in [0.5, 0.6) is 5.88 Å². The minimum atomic E-state index is -4.66. The van der Waals surface area contributed by atoms with Crippen LogP contribution in [0.25, 0.3) is 21.5 Å². The highest BCUT2D eigenvalue weighted by molar-refractivity contribution is 7.91. The molecule has 2 N–H and O–H groups in total. The summed E-state index contributed by atoms with van der Waals surface area (Å²) in [6.45, 7) is 3.87. The summed E-state index contributed by atoms with van der Waals surface area (Å²) in [6, 6.07) is 1.53. The fourth-order valence-corrected chi connectivity index (χ4v) is 9.83. The number of sulfonamides is 1. The number of allylic oxidation sites excluding steroid dienone is 1. The van der Waals surface area contributed by atoms with E-state index >= 15 is 0 Å². The van der Waals surface area contributed by atoms with Crippen LogP contribution in [0.4, 0.5) is 13.2 Å². The van der Waals surface area contributed by atoms with Crippen molar-refractivity contribution in [1.29, 1.82) is 0 Å². The van der Waals surface area contributed by atoms with Crippen LogP contribution in [0.1, 0.15) is 76.1 Å². The molecular weight excluding hydrogens is 768 g/mol. The Morgan fingerprint density at radius 1 is 1.06 bits per heavy atom. The standard InChI is InChI=1S/C35H40F3N7O6S3/c1-19-17-52-29(39-19)24-15-26(42-27(40-24)30-41-25(18-53-30)35(36,37)38)51-21-9-10-22-23(14-21)28(46)43-34(32(48)44-54(49,50)33(2)11-12-33)16-20(34)8-6-4-5-7-13-45(3)31(22)47/h6,8,15,17-18,20-23H,4-5,7,9-14,16H2,1-3H3,(H,43,46)(H,44,48). The summed E-state index contributed by atoms with van der Waals surface area (Å²) in [4.78, 5) is 60.6. The Morgan fingerprint density at radius 3 is 2.50 bits per heavy atom. The number of nitrogens with zero attached hydrogens (tertiary/aromatic N) is 5. The molecule has 5 atom stereocenters. The van der Waals surface area contributed by atoms with Crippen LogP contribution >= 0.6 is 22.7 Å². The molecule has 0 spiro atoms. The van der Waals surface area contributed by atoms with Gasteiger partial charge in [0.1, 0.15) is 22.3 Å². The molecule has 19 heteroatoms. The van der Waals surface area contributed by atoms with Gasteiger partial charge in [0.05, 0.1) is 10.7 Å². The molecule has 13 nitrogen and oxygen atoms in total. The zero-order valence-electron chi connectivity index (χ0n) is 29.8. The van der Waals surface area contributed by atoms with E-state index in [-0.39, 0.29) is 41.9 Å². The number of alkyl halides is 3. The number of hydrogen-bond acceptors (Lipinski definition) is 12. The Morgan fingerprint density at radius 2 is 1.81 bits per heavy atom. The second kappa shape index (κ2) is 14.3. The Hall–Kier alpha value is -3.97. The fraction of sp³-hybridized carbons (Fsp3) is 0.571. The quantitative estimate of drug-likeness (QED) is 0.299. The topological polar surface area (TPSA) is 173 Å². The Balaban J connectivity index is 1.18. The molecule has 0 bridgehead atoms. The van der Waals surface area contributed by atoms with E-state index in [1.54, 1.807) is 31.2 Å². The molecule has 0 radical (unpaired) electrons. The van der Waals surface area contributed by atoms with Crippen molar-refractivity contribution in [3.05, 3.63) is 40.4 Å². The van der Waals surface area contributed by atoms with Crippen molar-refractivity contribution in [2.45, 2.75) is 94.2 Å². The second-order valence-electron chi connectivity index (χ2n) is 14.9. The predicted molar refractivity (Wildman–Crippen MR) is 194 cm³/mol. The number of hydrogen-bond donors (Lipinski definition) is 2. The molecule has 3 saturated carbocycles. The fourth-order valence-electron chi connectivity index (χ4n) is 7.00. The van der Waals surface area contributed by atoms with E-state index in [0.717, 1.165) is 35.3 Å². The molecule has 0 aromatic carbocycles. The molecule has 3 aromatic rings. The zero-order chi connectivity index (χ0) is 38.6. The first-order chi connectivity index (χ1) is 25.5. The third-order valence-corrected chi connectivity index (χ3v) is 14.7. The number of aromatic nitrogens is 4. The van der Waals surface area contributed by atoms with E-state index in [2.05, 4.69) is 30.0 Å². The van der Waals surface area contributed by atoms with Gasteiger partial charge in [0.25, 0.3) is 5.91 Å². The molecule has 4 aliphatic rings. The van der Waals surface area contributed by atoms with Crippen LogP contribution in [0.3, 0.4) is 0 Å². The maximum Gasteiger partial charge on any atom is 0.434 e. The van der Waals surface area contributed by atoms with Crippen LogP contribution in [0.15, 0.2) is 29.0 Å². The van der Waals surface area contributed by atoms with Crippen LogP contribution in [0, 0.1) is 24.7 Å². The minimum absolute atomic E-state index is 0.0295. The van der Waals surface area contributed by atoms with Gasteiger partial charge in [0, 0.05) is 47.9 Å². The largest absolute Gasteiger partial charge is 0.474 e. The first-order valence-corrected chi connectivity index (χ1v) is 21.0. The van der Waals surface area contributed by atoms with Crippen molar-refractivity contribution >= 4 is 50.4 Å². The number of halogens is 3. The van der Waals surface area contributed by atoms with Crippen molar-refractivity contribution in [2.75, 3.05) is 13.6 Å². The van der Waals surface area contributed by atoms with Crippen molar-refractivity contribution in [3.63, 3.8) is 0 Å². The number of ether oxygens (including phenoxy) is 1. The van der Waals surface area contributed by atoms with Crippen LogP contribution in [-0.4, -0.2) is 81.0 Å². The summed E-state index contributed by atoms with van der Waals surface area (Å²) < 4.78 is 74.0. The van der Waals surface area contributed by atoms with Crippen LogP contribution in [0.2, 0.25) is 0 Å². The van der Waals surface area contributed by atoms with E-state index in [1.807, 2.05) is 12.2 Å². The molecule has 5 unspecified atom stereocenters. The Labute approximate surface area is 318 Å². The molecular formula is C35H40F3N7O6S3. The van der Waals surface area contributed by atoms with Gasteiger partial charge in [-0.3, -0.25) is 19.1 Å². The zero-order valence-corrected chi connectivity index (χ0v) is 32.3. The lowest BCUT2D eigenvalue weighted by Gasteiger charge is -2.37. The van der Waals surface area contributed by atoms with E-state index in [4.69, 9.17) is 4.74 Å². The highest BCUT2D eigenvalue weighted by Crippen LogP contribution is 2.48. The molecule has 7 rings (SSSR count). The van der Waals surface area contributed by atoms with Crippen LogP contribution in [-0.2, 0) is 30.6 Å². The Kier molecular flexibility index (Phi) is 10.1. The number of aryl methyl sites for hydroxylation is 1.